The summed E-state index contributed by atoms with van der Waals surface area (Å²) in [4.78, 5) is 65.9. The number of rotatable bonds is 8. The number of H-pyrrole nitrogens is 1. The maximum atomic E-state index is 13.8. The van der Waals surface area contributed by atoms with E-state index >= 15 is 0 Å². The average Bonchev–Trinajstić information content (AvgIpc) is 3.41. The van der Waals surface area contributed by atoms with Gasteiger partial charge >= 0.3 is 10.8 Å². The summed E-state index contributed by atoms with van der Waals surface area (Å²) < 4.78 is 15.9. The number of imide groups is 1. The first kappa shape index (κ1) is 26.4. The topological polar surface area (TPSA) is 158 Å². The van der Waals surface area contributed by atoms with Gasteiger partial charge in [-0.2, -0.15) is 0 Å². The quantitative estimate of drug-likeness (QED) is 0.184. The third kappa shape index (κ3) is 4.76. The van der Waals surface area contributed by atoms with Crippen LogP contribution in [0.4, 0.5) is 11.4 Å². The van der Waals surface area contributed by atoms with Gasteiger partial charge in [-0.3, -0.25) is 24.5 Å². The van der Waals surface area contributed by atoms with Crippen LogP contribution < -0.4 is 19.2 Å². The van der Waals surface area contributed by atoms with Gasteiger partial charge in [0, 0.05) is 22.9 Å². The predicted molar refractivity (Wildman–Crippen MR) is 141 cm³/mol. The third-order valence-electron chi connectivity index (χ3n) is 6.34. The summed E-state index contributed by atoms with van der Waals surface area (Å²) in [5.41, 5.74) is 0.662. The number of nitrogens with one attached hydrogen (secondary N) is 1. The number of hydrogen-bond donors (Lipinski definition) is 1. The Bertz CT molecular complexity index is 1530. The number of esters is 1. The molecule has 1 fully saturated rings. The molecule has 39 heavy (non-hydrogen) atoms. The summed E-state index contributed by atoms with van der Waals surface area (Å²) in [7, 11) is 1.43. The number of carbonyl (C=O) groups excluding carboxylic acids is 3. The van der Waals surface area contributed by atoms with E-state index in [-0.39, 0.29) is 35.2 Å². The molecule has 0 radical (unpaired) electrons. The first-order valence-electron chi connectivity index (χ1n) is 11.7. The van der Waals surface area contributed by atoms with Gasteiger partial charge in [0.1, 0.15) is 5.25 Å². The van der Waals surface area contributed by atoms with Crippen LogP contribution in [0.1, 0.15) is 23.3 Å². The molecule has 2 aromatic carbocycles. The Hall–Kier alpha value is -4.17. The van der Waals surface area contributed by atoms with Crippen molar-refractivity contribution in [2.45, 2.75) is 23.1 Å². The molecule has 1 N–H and O–H groups in total. The van der Waals surface area contributed by atoms with Gasteiger partial charge in [0.05, 0.1) is 35.3 Å². The van der Waals surface area contributed by atoms with Gasteiger partial charge in [-0.25, -0.2) is 9.69 Å². The summed E-state index contributed by atoms with van der Waals surface area (Å²) in [5.74, 6) is -2.45. The van der Waals surface area contributed by atoms with Crippen molar-refractivity contribution in [3.63, 3.8) is 0 Å². The van der Waals surface area contributed by atoms with E-state index in [1.54, 1.807) is 25.1 Å². The molecule has 2 aliphatic rings. The molecular formula is C25H21N3O9S2. The number of nitro benzene ring substituents is 1. The number of ether oxygens (including phenoxy) is 3. The molecule has 1 aromatic heterocycles. The normalized spacial score (nSPS) is 19.8. The molecule has 202 valence electrons. The Kier molecular flexibility index (Phi) is 7.14. The second-order valence-corrected chi connectivity index (χ2v) is 10.7. The average molecular weight is 572 g/mol. The monoisotopic (exact) mass is 571 g/mol. The number of methoxy groups -OCH3 is 1. The summed E-state index contributed by atoms with van der Waals surface area (Å²) in [6.45, 7) is 1.57. The third-order valence-corrected chi connectivity index (χ3v) is 8.74. The number of aromatic amines is 1. The van der Waals surface area contributed by atoms with Crippen molar-refractivity contribution >= 4 is 52.3 Å². The molecule has 0 saturated carbocycles. The highest BCUT2D eigenvalue weighted by atomic mass is 32.2. The lowest BCUT2D eigenvalue weighted by atomic mass is 9.83. The van der Waals surface area contributed by atoms with Crippen LogP contribution in [-0.4, -0.2) is 53.3 Å². The zero-order valence-corrected chi connectivity index (χ0v) is 22.2. The Morgan fingerprint density at radius 1 is 1.10 bits per heavy atom. The van der Waals surface area contributed by atoms with E-state index < -0.39 is 39.8 Å². The standard InChI is InChI=1S/C25H21N3O9S2/c1-3-36-17(29)11-37-15-9-4-12(10-16(15)35-2)18-19-21(38-22-20(18)39-25(32)26-22)24(31)27(23(19)30)13-5-7-14(8-6-13)28(33)34/h4-10,18-19,21H,3,11H2,1-2H3,(H,26,32). The summed E-state index contributed by atoms with van der Waals surface area (Å²) in [6, 6.07) is 10.1. The lowest BCUT2D eigenvalue weighted by molar-refractivity contribution is -0.384. The van der Waals surface area contributed by atoms with Crippen molar-refractivity contribution in [1.29, 1.82) is 0 Å². The molecule has 1 saturated heterocycles. The second-order valence-electron chi connectivity index (χ2n) is 8.54. The lowest BCUT2D eigenvalue weighted by Gasteiger charge is -2.30. The number of nitrogens with zero attached hydrogens (tertiary/aromatic N) is 2. The lowest BCUT2D eigenvalue weighted by Crippen LogP contribution is -2.32. The van der Waals surface area contributed by atoms with Gasteiger partial charge in [-0.05, 0) is 36.8 Å². The van der Waals surface area contributed by atoms with E-state index in [1.165, 1.54) is 31.4 Å². The van der Waals surface area contributed by atoms with Crippen molar-refractivity contribution in [1.82, 2.24) is 4.98 Å². The molecule has 0 aliphatic carbocycles. The van der Waals surface area contributed by atoms with Gasteiger partial charge in [-0.15, -0.1) is 0 Å². The molecule has 2 amide bonds. The summed E-state index contributed by atoms with van der Waals surface area (Å²) in [5, 5.41) is 10.7. The Morgan fingerprint density at radius 2 is 1.85 bits per heavy atom. The van der Waals surface area contributed by atoms with Crippen LogP contribution in [0.3, 0.4) is 0 Å². The van der Waals surface area contributed by atoms with Crippen LogP contribution in [0.5, 0.6) is 11.5 Å². The Labute approximate surface area is 229 Å². The second kappa shape index (κ2) is 10.5. The summed E-state index contributed by atoms with van der Waals surface area (Å²) >= 11 is 2.08. The smallest absolute Gasteiger partial charge is 0.344 e. The van der Waals surface area contributed by atoms with Crippen molar-refractivity contribution in [2.75, 3.05) is 25.2 Å². The fourth-order valence-electron chi connectivity index (χ4n) is 4.69. The van der Waals surface area contributed by atoms with Gasteiger partial charge in [0.15, 0.2) is 18.1 Å². The number of carbonyl (C=O) groups is 3. The fourth-order valence-corrected chi connectivity index (χ4v) is 7.21. The molecule has 3 aromatic rings. The highest BCUT2D eigenvalue weighted by Crippen LogP contribution is 2.53. The molecule has 5 rings (SSSR count). The van der Waals surface area contributed by atoms with E-state index in [2.05, 4.69) is 4.98 Å². The molecule has 3 atom stereocenters. The molecule has 3 unspecified atom stereocenters. The Morgan fingerprint density at radius 3 is 2.51 bits per heavy atom. The van der Waals surface area contributed by atoms with E-state index in [1.807, 2.05) is 0 Å². The van der Waals surface area contributed by atoms with Crippen molar-refractivity contribution in [3.8, 4) is 11.5 Å². The van der Waals surface area contributed by atoms with Crippen LogP contribution in [0.15, 0.2) is 52.3 Å². The minimum Gasteiger partial charge on any atom is -0.493 e. The van der Waals surface area contributed by atoms with Crippen molar-refractivity contribution in [2.24, 2.45) is 5.92 Å². The van der Waals surface area contributed by atoms with Crippen LogP contribution in [0, 0.1) is 16.0 Å². The number of aromatic nitrogens is 1. The maximum Gasteiger partial charge on any atom is 0.344 e. The number of nitro groups is 1. The van der Waals surface area contributed by atoms with Gasteiger partial charge in [0.25, 0.3) is 5.69 Å². The minimum absolute atomic E-state index is 0.167. The molecule has 0 bridgehead atoms. The number of amides is 2. The van der Waals surface area contributed by atoms with Gasteiger partial charge < -0.3 is 19.2 Å². The van der Waals surface area contributed by atoms with Gasteiger partial charge in [-0.1, -0.05) is 29.2 Å². The van der Waals surface area contributed by atoms with Crippen molar-refractivity contribution < 1.29 is 33.5 Å². The van der Waals surface area contributed by atoms with E-state index in [4.69, 9.17) is 14.2 Å². The van der Waals surface area contributed by atoms with E-state index in [0.717, 1.165) is 28.0 Å². The summed E-state index contributed by atoms with van der Waals surface area (Å²) in [6.07, 6.45) is 0. The SMILES string of the molecule is CCOC(=O)COc1ccc(C2c3sc(=O)[nH]c3SC3C(=O)N(c4ccc([N+](=O)[O-])cc4)C(=O)C32)cc1OC. The number of non-ortho nitro benzene ring substituents is 1. The predicted octanol–water partition coefficient (Wildman–Crippen LogP) is 3.09. The maximum absolute atomic E-state index is 13.8. The highest BCUT2D eigenvalue weighted by Gasteiger charge is 2.56. The highest BCUT2D eigenvalue weighted by molar-refractivity contribution is 8.00. The molecule has 0 spiro atoms. The van der Waals surface area contributed by atoms with Crippen LogP contribution in [-0.2, 0) is 19.1 Å². The van der Waals surface area contributed by atoms with Crippen LogP contribution in [0.25, 0.3) is 0 Å². The molecular weight excluding hydrogens is 550 g/mol. The number of benzene rings is 2. The molecule has 3 heterocycles. The van der Waals surface area contributed by atoms with Crippen molar-refractivity contribution in [3.05, 3.63) is 72.7 Å². The first-order chi connectivity index (χ1) is 18.7. The Balaban J connectivity index is 1.53. The molecule has 14 heteroatoms. The fraction of sp³-hybridized carbons (Fsp3) is 0.280. The zero-order chi connectivity index (χ0) is 27.8. The van der Waals surface area contributed by atoms with E-state index in [0.29, 0.717) is 21.2 Å². The number of fused-ring (bicyclic) bond motifs is 2. The van der Waals surface area contributed by atoms with E-state index in [9.17, 15) is 29.3 Å². The molecule has 12 nitrogen and oxygen atoms in total. The minimum atomic E-state index is -0.854. The zero-order valence-electron chi connectivity index (χ0n) is 20.6. The van der Waals surface area contributed by atoms with Crippen LogP contribution >= 0.6 is 23.1 Å². The number of hydrogen-bond acceptors (Lipinski definition) is 11. The van der Waals surface area contributed by atoms with Gasteiger partial charge in [0.2, 0.25) is 11.8 Å². The van der Waals surface area contributed by atoms with Crippen LogP contribution in [0.2, 0.25) is 0 Å². The number of thiazole rings is 1. The molecule has 2 aliphatic heterocycles. The number of anilines is 1. The number of thioether (sulfide) groups is 1. The first-order valence-corrected chi connectivity index (χ1v) is 13.4. The largest absolute Gasteiger partial charge is 0.493 e.